The van der Waals surface area contributed by atoms with Gasteiger partial charge in [-0.05, 0) is 18.4 Å². The lowest BCUT2D eigenvalue weighted by Crippen LogP contribution is -2.27. The van der Waals surface area contributed by atoms with E-state index < -0.39 is 0 Å². The summed E-state index contributed by atoms with van der Waals surface area (Å²) < 4.78 is 5.31. The van der Waals surface area contributed by atoms with Crippen molar-refractivity contribution in [2.75, 3.05) is 19.8 Å². The second kappa shape index (κ2) is 6.90. The van der Waals surface area contributed by atoms with Crippen molar-refractivity contribution in [3.63, 3.8) is 0 Å². The van der Waals surface area contributed by atoms with Crippen molar-refractivity contribution in [1.29, 1.82) is 0 Å². The monoisotopic (exact) mass is 285 g/mol. The molecule has 0 saturated heterocycles. The van der Waals surface area contributed by atoms with Crippen molar-refractivity contribution < 1.29 is 14.6 Å². The Morgan fingerprint density at radius 3 is 2.81 bits per heavy atom. The molecule has 2 rings (SSSR count). The summed E-state index contributed by atoms with van der Waals surface area (Å²) in [4.78, 5) is 12.1. The van der Waals surface area contributed by atoms with Crippen LogP contribution >= 0.6 is 0 Å². The van der Waals surface area contributed by atoms with Gasteiger partial charge in [-0.25, -0.2) is 0 Å². The number of ether oxygens (including phenoxy) is 1. The number of carbonyl (C=O) groups is 1. The predicted octanol–water partition coefficient (Wildman–Crippen LogP) is 2.87. The van der Waals surface area contributed by atoms with Crippen molar-refractivity contribution in [2.45, 2.75) is 6.92 Å². The molecule has 110 valence electrons. The number of hydrogen-bond acceptors (Lipinski definition) is 3. The molecule has 0 aliphatic carbocycles. The highest BCUT2D eigenvalue weighted by molar-refractivity contribution is 6.03. The van der Waals surface area contributed by atoms with Crippen LogP contribution in [0, 0.1) is 0 Å². The fourth-order valence-corrected chi connectivity index (χ4v) is 2.02. The number of nitrogens with one attached hydrogen (secondary N) is 1. The first kappa shape index (κ1) is 15.1. The zero-order chi connectivity index (χ0) is 15.2. The van der Waals surface area contributed by atoms with Crippen LogP contribution in [0.5, 0.6) is 5.75 Å². The van der Waals surface area contributed by atoms with Crippen LogP contribution in [0.2, 0.25) is 0 Å². The largest absolute Gasteiger partial charge is 0.506 e. The zero-order valence-corrected chi connectivity index (χ0v) is 12.1. The van der Waals surface area contributed by atoms with E-state index in [1.807, 2.05) is 31.2 Å². The summed E-state index contributed by atoms with van der Waals surface area (Å²) in [7, 11) is 0. The Bertz CT molecular complexity index is 664. The van der Waals surface area contributed by atoms with Crippen LogP contribution in [-0.4, -0.2) is 30.8 Å². The Hall–Kier alpha value is -2.33. The number of carbonyl (C=O) groups excluding carboxylic acids is 1. The minimum Gasteiger partial charge on any atom is -0.506 e. The van der Waals surface area contributed by atoms with Gasteiger partial charge in [-0.1, -0.05) is 42.5 Å². The second-order valence-electron chi connectivity index (χ2n) is 4.95. The van der Waals surface area contributed by atoms with Crippen molar-refractivity contribution in [3.05, 3.63) is 54.1 Å². The van der Waals surface area contributed by atoms with Crippen LogP contribution in [0.4, 0.5) is 0 Å². The highest BCUT2D eigenvalue weighted by Crippen LogP contribution is 2.28. The van der Waals surface area contributed by atoms with Gasteiger partial charge < -0.3 is 15.2 Å². The van der Waals surface area contributed by atoms with Crippen LogP contribution < -0.4 is 5.32 Å². The van der Waals surface area contributed by atoms with E-state index in [1.54, 1.807) is 12.1 Å². The molecule has 2 aromatic rings. The van der Waals surface area contributed by atoms with E-state index in [4.69, 9.17) is 4.74 Å². The number of rotatable bonds is 6. The van der Waals surface area contributed by atoms with Crippen molar-refractivity contribution in [3.8, 4) is 5.75 Å². The van der Waals surface area contributed by atoms with Crippen LogP contribution in [0.15, 0.2) is 48.6 Å². The zero-order valence-electron chi connectivity index (χ0n) is 12.1. The molecule has 0 aromatic heterocycles. The number of benzene rings is 2. The Balaban J connectivity index is 1.99. The molecular formula is C17H19NO3. The normalized spacial score (nSPS) is 10.5. The Kier molecular flexibility index (Phi) is 4.95. The molecule has 4 nitrogen and oxygen atoms in total. The van der Waals surface area contributed by atoms with Crippen LogP contribution in [0.25, 0.3) is 10.8 Å². The fraction of sp³-hybridized carbons (Fsp3) is 0.235. The van der Waals surface area contributed by atoms with Crippen molar-refractivity contribution in [2.24, 2.45) is 0 Å². The predicted molar refractivity (Wildman–Crippen MR) is 83.6 cm³/mol. The molecule has 0 fully saturated rings. The van der Waals surface area contributed by atoms with Gasteiger partial charge in [0.2, 0.25) is 0 Å². The summed E-state index contributed by atoms with van der Waals surface area (Å²) in [5.41, 5.74) is 1.21. The molecule has 0 aliphatic rings. The highest BCUT2D eigenvalue weighted by Gasteiger charge is 2.12. The highest BCUT2D eigenvalue weighted by atomic mass is 16.5. The molecule has 1 amide bonds. The number of phenolic OH excluding ortho intramolecular Hbond substituents is 1. The van der Waals surface area contributed by atoms with E-state index in [9.17, 15) is 9.90 Å². The molecule has 2 aromatic carbocycles. The number of phenols is 1. The van der Waals surface area contributed by atoms with E-state index in [2.05, 4.69) is 11.9 Å². The van der Waals surface area contributed by atoms with Crippen molar-refractivity contribution in [1.82, 2.24) is 5.32 Å². The van der Waals surface area contributed by atoms with Gasteiger partial charge in [0.05, 0.1) is 18.8 Å². The first-order chi connectivity index (χ1) is 10.1. The lowest BCUT2D eigenvalue weighted by atomic mass is 10.0. The molecule has 0 bridgehead atoms. The summed E-state index contributed by atoms with van der Waals surface area (Å²) in [6.07, 6.45) is 0. The number of hydrogen-bond donors (Lipinski definition) is 2. The minimum atomic E-state index is -0.308. The molecule has 0 saturated carbocycles. The van der Waals surface area contributed by atoms with E-state index in [-0.39, 0.29) is 17.2 Å². The van der Waals surface area contributed by atoms with Gasteiger partial charge in [-0.3, -0.25) is 4.79 Å². The summed E-state index contributed by atoms with van der Waals surface area (Å²) in [6, 6.07) is 10.8. The fourth-order valence-electron chi connectivity index (χ4n) is 2.02. The third kappa shape index (κ3) is 3.83. The summed E-state index contributed by atoms with van der Waals surface area (Å²) in [6.45, 7) is 6.89. The van der Waals surface area contributed by atoms with E-state index in [1.165, 1.54) is 0 Å². The molecule has 0 aliphatic heterocycles. The van der Waals surface area contributed by atoms with E-state index in [0.29, 0.717) is 25.1 Å². The summed E-state index contributed by atoms with van der Waals surface area (Å²) in [5, 5.41) is 14.5. The van der Waals surface area contributed by atoms with Crippen LogP contribution in [0.1, 0.15) is 17.3 Å². The lowest BCUT2D eigenvalue weighted by molar-refractivity contribution is 0.0924. The number of fused-ring (bicyclic) bond motifs is 1. The molecule has 0 unspecified atom stereocenters. The summed E-state index contributed by atoms with van der Waals surface area (Å²) in [5.74, 6) is -0.300. The lowest BCUT2D eigenvalue weighted by Gasteiger charge is -2.09. The van der Waals surface area contributed by atoms with Gasteiger partial charge in [-0.15, -0.1) is 0 Å². The average molecular weight is 285 g/mol. The maximum Gasteiger partial charge on any atom is 0.255 e. The molecule has 0 spiro atoms. The molecule has 0 radical (unpaired) electrons. The van der Waals surface area contributed by atoms with E-state index >= 15 is 0 Å². The SMILES string of the molecule is C=C(C)COCCNC(=O)c1ccc2ccccc2c1O. The maximum absolute atomic E-state index is 12.1. The number of amides is 1. The van der Waals surface area contributed by atoms with Gasteiger partial charge in [-0.2, -0.15) is 0 Å². The molecule has 2 N–H and O–H groups in total. The van der Waals surface area contributed by atoms with Gasteiger partial charge in [0.15, 0.2) is 0 Å². The van der Waals surface area contributed by atoms with Gasteiger partial charge >= 0.3 is 0 Å². The second-order valence-corrected chi connectivity index (χ2v) is 4.95. The van der Waals surface area contributed by atoms with Crippen LogP contribution in [-0.2, 0) is 4.74 Å². The molecular weight excluding hydrogens is 266 g/mol. The third-order valence-electron chi connectivity index (χ3n) is 3.03. The number of aromatic hydroxyl groups is 1. The first-order valence-corrected chi connectivity index (χ1v) is 6.80. The molecule has 21 heavy (non-hydrogen) atoms. The standard InChI is InChI=1S/C17H19NO3/c1-12(2)11-21-10-9-18-17(20)15-8-7-13-5-3-4-6-14(13)16(15)19/h3-8,19H,1,9-11H2,2H3,(H,18,20). The van der Waals surface area contributed by atoms with Gasteiger partial charge in [0.25, 0.3) is 5.91 Å². The average Bonchev–Trinajstić information content (AvgIpc) is 2.47. The minimum absolute atomic E-state index is 0.00783. The topological polar surface area (TPSA) is 58.6 Å². The van der Waals surface area contributed by atoms with Gasteiger partial charge in [0.1, 0.15) is 5.75 Å². The maximum atomic E-state index is 12.1. The molecule has 0 heterocycles. The third-order valence-corrected chi connectivity index (χ3v) is 3.03. The molecule has 0 atom stereocenters. The van der Waals surface area contributed by atoms with Crippen molar-refractivity contribution >= 4 is 16.7 Å². The Labute approximate surface area is 124 Å². The smallest absolute Gasteiger partial charge is 0.255 e. The quantitative estimate of drug-likeness (QED) is 0.634. The Morgan fingerprint density at radius 1 is 1.29 bits per heavy atom. The summed E-state index contributed by atoms with van der Waals surface area (Å²) >= 11 is 0. The first-order valence-electron chi connectivity index (χ1n) is 6.80. The van der Waals surface area contributed by atoms with E-state index in [0.717, 1.165) is 11.0 Å². The molecule has 4 heteroatoms. The van der Waals surface area contributed by atoms with Crippen LogP contribution in [0.3, 0.4) is 0 Å². The Morgan fingerprint density at radius 2 is 2.05 bits per heavy atom. The van der Waals surface area contributed by atoms with Gasteiger partial charge in [0, 0.05) is 11.9 Å².